The van der Waals surface area contributed by atoms with Crippen molar-refractivity contribution in [3.63, 3.8) is 0 Å². The van der Waals surface area contributed by atoms with Crippen LogP contribution >= 0.6 is 0 Å². The molecule has 0 saturated carbocycles. The van der Waals surface area contributed by atoms with Crippen LogP contribution < -0.4 is 10.4 Å². The average molecular weight is 416 g/mol. The van der Waals surface area contributed by atoms with Crippen LogP contribution in [0.25, 0.3) is 22.9 Å². The molecule has 31 heavy (non-hydrogen) atoms. The number of fused-ring (bicyclic) bond motifs is 1. The summed E-state index contributed by atoms with van der Waals surface area (Å²) in [4.78, 5) is 2.29. The predicted molar refractivity (Wildman–Crippen MR) is 131 cm³/mol. The number of hydrogen-bond donors (Lipinski definition) is 2. The standard InChI is InChI=1S/C28H33NO2/c1-4-5-6-11-18-29(19-26(22(3)30)24-14-9-7-12-21(24)2)20-27-25-15-10-8-13-23(25)16-17-28(27)31/h7-10,12-17,30-31H,2-6,11,18-20H2,1H3/b26-24-. The molecule has 0 bridgehead atoms. The van der Waals surface area contributed by atoms with Crippen molar-refractivity contribution in [1.29, 1.82) is 0 Å². The highest BCUT2D eigenvalue weighted by molar-refractivity contribution is 5.87. The Balaban J connectivity index is 1.98. The highest BCUT2D eigenvalue weighted by Gasteiger charge is 2.15. The van der Waals surface area contributed by atoms with Gasteiger partial charge in [0.2, 0.25) is 0 Å². The summed E-state index contributed by atoms with van der Waals surface area (Å²) >= 11 is 0. The van der Waals surface area contributed by atoms with E-state index in [1.54, 1.807) is 6.07 Å². The van der Waals surface area contributed by atoms with Crippen LogP contribution in [0.1, 0.15) is 38.2 Å². The molecule has 0 amide bonds. The highest BCUT2D eigenvalue weighted by Crippen LogP contribution is 2.29. The molecule has 0 atom stereocenters. The van der Waals surface area contributed by atoms with E-state index in [0.29, 0.717) is 18.8 Å². The summed E-state index contributed by atoms with van der Waals surface area (Å²) in [6.45, 7) is 12.2. The van der Waals surface area contributed by atoms with Crippen LogP contribution in [0.4, 0.5) is 0 Å². The zero-order chi connectivity index (χ0) is 22.2. The summed E-state index contributed by atoms with van der Waals surface area (Å²) in [7, 11) is 0. The van der Waals surface area contributed by atoms with E-state index in [1.807, 2.05) is 42.5 Å². The number of phenols is 1. The third kappa shape index (κ3) is 5.77. The third-order valence-electron chi connectivity index (χ3n) is 5.80. The summed E-state index contributed by atoms with van der Waals surface area (Å²) in [6.07, 6.45) is 4.62. The van der Waals surface area contributed by atoms with Crippen LogP contribution in [0.2, 0.25) is 0 Å². The quantitative estimate of drug-likeness (QED) is 0.351. The van der Waals surface area contributed by atoms with E-state index < -0.39 is 0 Å². The summed E-state index contributed by atoms with van der Waals surface area (Å²) in [5.74, 6) is 0.371. The molecule has 0 aromatic heterocycles. The van der Waals surface area contributed by atoms with E-state index in [4.69, 9.17) is 0 Å². The van der Waals surface area contributed by atoms with Gasteiger partial charge in [-0.2, -0.15) is 0 Å². The maximum atomic E-state index is 10.7. The van der Waals surface area contributed by atoms with Crippen molar-refractivity contribution >= 4 is 22.9 Å². The molecule has 0 aliphatic rings. The summed E-state index contributed by atoms with van der Waals surface area (Å²) in [5.41, 5.74) is 1.69. The Morgan fingerprint density at radius 2 is 1.68 bits per heavy atom. The minimum absolute atomic E-state index is 0.0665. The Morgan fingerprint density at radius 3 is 2.42 bits per heavy atom. The fourth-order valence-corrected chi connectivity index (χ4v) is 4.06. The zero-order valence-electron chi connectivity index (χ0n) is 18.5. The van der Waals surface area contributed by atoms with Crippen LogP contribution in [-0.2, 0) is 6.54 Å². The van der Waals surface area contributed by atoms with Gasteiger partial charge in [0.25, 0.3) is 0 Å². The van der Waals surface area contributed by atoms with Crippen LogP contribution in [0, 0.1) is 0 Å². The van der Waals surface area contributed by atoms with Crippen molar-refractivity contribution in [2.24, 2.45) is 0 Å². The van der Waals surface area contributed by atoms with Crippen LogP contribution in [-0.4, -0.2) is 28.2 Å². The van der Waals surface area contributed by atoms with Crippen LogP contribution in [0.3, 0.4) is 0 Å². The largest absolute Gasteiger partial charge is 0.508 e. The van der Waals surface area contributed by atoms with Gasteiger partial charge in [-0.15, -0.1) is 0 Å². The van der Waals surface area contributed by atoms with E-state index in [0.717, 1.165) is 51.7 Å². The third-order valence-corrected chi connectivity index (χ3v) is 5.80. The van der Waals surface area contributed by atoms with Gasteiger partial charge in [-0.25, -0.2) is 0 Å². The van der Waals surface area contributed by atoms with Gasteiger partial charge in [0.15, 0.2) is 0 Å². The molecular formula is C28H33NO2. The molecular weight excluding hydrogens is 382 g/mol. The van der Waals surface area contributed by atoms with E-state index in [-0.39, 0.29) is 5.76 Å². The van der Waals surface area contributed by atoms with Gasteiger partial charge in [-0.1, -0.05) is 93.9 Å². The van der Waals surface area contributed by atoms with Crippen molar-refractivity contribution in [2.45, 2.75) is 39.2 Å². The van der Waals surface area contributed by atoms with Gasteiger partial charge >= 0.3 is 0 Å². The molecule has 0 fully saturated rings. The topological polar surface area (TPSA) is 43.7 Å². The Kier molecular flexibility index (Phi) is 7.91. The van der Waals surface area contributed by atoms with Gasteiger partial charge in [0, 0.05) is 24.2 Å². The number of aliphatic hydroxyl groups is 1. The molecule has 162 valence electrons. The summed E-state index contributed by atoms with van der Waals surface area (Å²) < 4.78 is 0. The lowest BCUT2D eigenvalue weighted by Crippen LogP contribution is -2.33. The number of unbranched alkanes of at least 4 members (excludes halogenated alkanes) is 3. The Bertz CT molecular complexity index is 1150. The molecule has 0 unspecified atom stereocenters. The first-order valence-electron chi connectivity index (χ1n) is 11.1. The minimum atomic E-state index is 0.0665. The zero-order valence-corrected chi connectivity index (χ0v) is 18.5. The molecule has 3 rings (SSSR count). The fourth-order valence-electron chi connectivity index (χ4n) is 4.06. The first-order chi connectivity index (χ1) is 15.0. The predicted octanol–water partition coefficient (Wildman–Crippen LogP) is 5.26. The van der Waals surface area contributed by atoms with E-state index in [9.17, 15) is 10.2 Å². The molecule has 0 spiro atoms. The number of aliphatic hydroxyl groups excluding tert-OH is 1. The molecule has 0 aliphatic heterocycles. The maximum Gasteiger partial charge on any atom is 0.120 e. The molecule has 0 aliphatic carbocycles. The molecule has 3 nitrogen and oxygen atoms in total. The normalized spacial score (nSPS) is 12.3. The lowest BCUT2D eigenvalue weighted by atomic mass is 10.0. The molecule has 2 N–H and O–H groups in total. The van der Waals surface area contributed by atoms with Crippen molar-refractivity contribution in [3.05, 3.63) is 89.0 Å². The second-order valence-corrected chi connectivity index (χ2v) is 8.14. The van der Waals surface area contributed by atoms with E-state index in [2.05, 4.69) is 37.1 Å². The second kappa shape index (κ2) is 10.8. The molecule has 0 saturated heterocycles. The Hall–Kier alpha value is -3.04. The van der Waals surface area contributed by atoms with Gasteiger partial charge in [0.05, 0.1) is 0 Å². The molecule has 3 heteroatoms. The summed E-state index contributed by atoms with van der Waals surface area (Å²) in [6, 6.07) is 19.7. The monoisotopic (exact) mass is 415 g/mol. The number of aromatic hydroxyl groups is 1. The number of phenolic OH excluding ortho intramolecular Hbond substituents is 1. The summed E-state index contributed by atoms with van der Waals surface area (Å²) in [5, 5.41) is 25.0. The average Bonchev–Trinajstić information content (AvgIpc) is 2.77. The fraction of sp³-hybridized carbons (Fsp3) is 0.286. The van der Waals surface area contributed by atoms with Crippen LogP contribution in [0.15, 0.2) is 73.0 Å². The molecule has 3 aromatic carbocycles. The van der Waals surface area contributed by atoms with Crippen molar-refractivity contribution < 1.29 is 10.2 Å². The number of benzene rings is 3. The maximum absolute atomic E-state index is 10.7. The van der Waals surface area contributed by atoms with E-state index in [1.165, 1.54) is 12.8 Å². The van der Waals surface area contributed by atoms with Crippen molar-refractivity contribution in [2.75, 3.05) is 13.1 Å². The number of nitrogens with zero attached hydrogens (tertiary/aromatic N) is 1. The number of rotatable bonds is 10. The first-order valence-corrected chi connectivity index (χ1v) is 11.1. The smallest absolute Gasteiger partial charge is 0.120 e. The van der Waals surface area contributed by atoms with E-state index >= 15 is 0 Å². The van der Waals surface area contributed by atoms with Gasteiger partial charge in [-0.3, -0.25) is 4.90 Å². The van der Waals surface area contributed by atoms with Crippen molar-refractivity contribution in [1.82, 2.24) is 4.90 Å². The SMILES string of the molecule is C=C(O)/C(CN(CCCCCC)Cc1c(O)ccc2ccccc12)=c1/ccccc1=C. The lowest BCUT2D eigenvalue weighted by molar-refractivity contribution is 0.282. The number of hydrogen-bond acceptors (Lipinski definition) is 3. The Labute approximate surface area is 185 Å². The van der Waals surface area contributed by atoms with Gasteiger partial charge in [0.1, 0.15) is 11.5 Å². The minimum Gasteiger partial charge on any atom is -0.508 e. The lowest BCUT2D eigenvalue weighted by Gasteiger charge is -2.25. The van der Waals surface area contributed by atoms with Crippen molar-refractivity contribution in [3.8, 4) is 5.75 Å². The molecule has 0 heterocycles. The second-order valence-electron chi connectivity index (χ2n) is 8.14. The molecule has 0 radical (unpaired) electrons. The highest BCUT2D eigenvalue weighted by atomic mass is 16.3. The molecule has 3 aromatic rings. The Morgan fingerprint density at radius 1 is 0.935 bits per heavy atom. The van der Waals surface area contributed by atoms with Gasteiger partial charge in [-0.05, 0) is 40.2 Å². The first kappa shape index (κ1) is 22.6. The van der Waals surface area contributed by atoms with Gasteiger partial charge < -0.3 is 10.2 Å². The van der Waals surface area contributed by atoms with Crippen LogP contribution in [0.5, 0.6) is 5.75 Å².